The zero-order valence-corrected chi connectivity index (χ0v) is 10.8. The van der Waals surface area contributed by atoms with E-state index in [0.717, 1.165) is 0 Å². The van der Waals surface area contributed by atoms with Crippen LogP contribution in [-0.2, 0) is 14.4 Å². The van der Waals surface area contributed by atoms with Crippen LogP contribution < -0.4 is 0 Å². The van der Waals surface area contributed by atoms with Gasteiger partial charge in [0, 0.05) is 32.5 Å². The van der Waals surface area contributed by atoms with Crippen LogP contribution in [0.4, 0.5) is 0 Å². The van der Waals surface area contributed by atoms with Gasteiger partial charge in [-0.2, -0.15) is 0 Å². The molecule has 0 radical (unpaired) electrons. The summed E-state index contributed by atoms with van der Waals surface area (Å²) in [6.07, 6.45) is -0.616. The molecule has 2 aliphatic rings. The summed E-state index contributed by atoms with van der Waals surface area (Å²) in [6.45, 7) is 2.76. The molecule has 0 saturated carbocycles. The van der Waals surface area contributed by atoms with Crippen molar-refractivity contribution in [3.05, 3.63) is 0 Å². The Morgan fingerprint density at radius 1 is 1.37 bits per heavy atom. The van der Waals surface area contributed by atoms with Gasteiger partial charge in [-0.25, -0.2) is 4.79 Å². The summed E-state index contributed by atoms with van der Waals surface area (Å²) in [5, 5.41) is 18.6. The second kappa shape index (κ2) is 5.16. The van der Waals surface area contributed by atoms with E-state index in [9.17, 15) is 19.5 Å². The van der Waals surface area contributed by atoms with Gasteiger partial charge in [-0.1, -0.05) is 0 Å². The molecule has 2 rings (SSSR count). The minimum Gasteiger partial charge on any atom is -0.480 e. The van der Waals surface area contributed by atoms with E-state index in [2.05, 4.69) is 0 Å². The lowest BCUT2D eigenvalue weighted by Crippen LogP contribution is -2.44. The Labute approximate surface area is 110 Å². The number of aliphatic hydroxyl groups excluding tert-OH is 1. The quantitative estimate of drug-likeness (QED) is 0.678. The van der Waals surface area contributed by atoms with Gasteiger partial charge in [0.15, 0.2) is 0 Å². The average molecular weight is 270 g/mol. The predicted octanol–water partition coefficient (Wildman–Crippen LogP) is -1.10. The fourth-order valence-electron chi connectivity index (χ4n) is 2.77. The van der Waals surface area contributed by atoms with Crippen molar-refractivity contribution in [1.29, 1.82) is 0 Å². The Kier molecular flexibility index (Phi) is 3.75. The molecular weight excluding hydrogens is 252 g/mol. The Morgan fingerprint density at radius 2 is 2.05 bits per heavy atom. The summed E-state index contributed by atoms with van der Waals surface area (Å²) in [6, 6.07) is -0.978. The second-order valence-electron chi connectivity index (χ2n) is 5.07. The van der Waals surface area contributed by atoms with Crippen molar-refractivity contribution in [2.45, 2.75) is 31.9 Å². The van der Waals surface area contributed by atoms with Gasteiger partial charge in [0.1, 0.15) is 6.04 Å². The minimum atomic E-state index is -1.11. The summed E-state index contributed by atoms with van der Waals surface area (Å²) in [4.78, 5) is 37.8. The van der Waals surface area contributed by atoms with Crippen LogP contribution in [0.3, 0.4) is 0 Å². The Hall–Kier alpha value is -1.63. The Morgan fingerprint density at radius 3 is 2.58 bits per heavy atom. The Bertz CT molecular complexity index is 411. The topological polar surface area (TPSA) is 98.2 Å². The van der Waals surface area contributed by atoms with Gasteiger partial charge in [0.2, 0.25) is 11.8 Å². The molecule has 0 bridgehead atoms. The maximum atomic E-state index is 12.3. The number of carboxylic acids is 1. The summed E-state index contributed by atoms with van der Waals surface area (Å²) < 4.78 is 0. The smallest absolute Gasteiger partial charge is 0.326 e. The van der Waals surface area contributed by atoms with Crippen LogP contribution >= 0.6 is 0 Å². The maximum absolute atomic E-state index is 12.3. The molecule has 106 valence electrons. The summed E-state index contributed by atoms with van der Waals surface area (Å²) in [7, 11) is 0. The molecule has 0 aromatic heterocycles. The first-order valence-electron chi connectivity index (χ1n) is 6.43. The fraction of sp³-hybridized carbons (Fsp3) is 0.750. The lowest BCUT2D eigenvalue weighted by Gasteiger charge is -2.24. The molecule has 2 fully saturated rings. The van der Waals surface area contributed by atoms with E-state index in [-0.39, 0.29) is 31.2 Å². The highest BCUT2D eigenvalue weighted by Gasteiger charge is 2.43. The third-order valence-corrected chi connectivity index (χ3v) is 3.79. The number of carboxylic acid groups (broad SMARTS) is 1. The van der Waals surface area contributed by atoms with E-state index in [1.165, 1.54) is 4.90 Å². The predicted molar refractivity (Wildman–Crippen MR) is 64.1 cm³/mol. The van der Waals surface area contributed by atoms with E-state index < -0.39 is 24.0 Å². The summed E-state index contributed by atoms with van der Waals surface area (Å²) >= 11 is 0. The van der Waals surface area contributed by atoms with E-state index in [0.29, 0.717) is 13.1 Å². The molecule has 0 spiro atoms. The van der Waals surface area contributed by atoms with Crippen LogP contribution in [0.15, 0.2) is 0 Å². The highest BCUT2D eigenvalue weighted by molar-refractivity contribution is 5.91. The van der Waals surface area contributed by atoms with Gasteiger partial charge in [0.25, 0.3) is 0 Å². The first kappa shape index (κ1) is 13.8. The van der Waals surface area contributed by atoms with Gasteiger partial charge in [0.05, 0.1) is 12.0 Å². The van der Waals surface area contributed by atoms with Crippen LogP contribution in [0.5, 0.6) is 0 Å². The standard InChI is InChI=1S/C12H18N2O5/c1-2-13-5-7(3-10(13)16)11(17)14-6-8(15)4-9(14)12(18)19/h7-9,15H,2-6H2,1H3,(H,18,19). The number of likely N-dealkylation sites (tertiary alicyclic amines) is 2. The summed E-state index contributed by atoms with van der Waals surface area (Å²) in [5.74, 6) is -2.01. The van der Waals surface area contributed by atoms with Crippen LogP contribution in [0.2, 0.25) is 0 Å². The molecule has 2 amide bonds. The molecule has 2 aliphatic heterocycles. The molecule has 2 heterocycles. The zero-order chi connectivity index (χ0) is 14.2. The molecule has 3 unspecified atom stereocenters. The molecule has 2 saturated heterocycles. The second-order valence-corrected chi connectivity index (χ2v) is 5.07. The van der Waals surface area contributed by atoms with E-state index in [1.54, 1.807) is 4.90 Å². The fourth-order valence-corrected chi connectivity index (χ4v) is 2.77. The van der Waals surface area contributed by atoms with Crippen LogP contribution in [-0.4, -0.2) is 69.6 Å². The van der Waals surface area contributed by atoms with Gasteiger partial charge >= 0.3 is 5.97 Å². The number of aliphatic hydroxyl groups is 1. The number of nitrogens with zero attached hydrogens (tertiary/aromatic N) is 2. The number of carbonyl (C=O) groups is 3. The average Bonchev–Trinajstić information content (AvgIpc) is 2.91. The van der Waals surface area contributed by atoms with Crippen molar-refractivity contribution >= 4 is 17.8 Å². The van der Waals surface area contributed by atoms with Crippen molar-refractivity contribution in [3.63, 3.8) is 0 Å². The minimum absolute atomic E-state index is 0.0343. The Balaban J connectivity index is 2.07. The molecule has 19 heavy (non-hydrogen) atoms. The number of rotatable bonds is 3. The van der Waals surface area contributed by atoms with Crippen molar-refractivity contribution in [2.75, 3.05) is 19.6 Å². The van der Waals surface area contributed by atoms with Crippen molar-refractivity contribution in [1.82, 2.24) is 9.80 Å². The third-order valence-electron chi connectivity index (χ3n) is 3.79. The van der Waals surface area contributed by atoms with Crippen LogP contribution in [0.25, 0.3) is 0 Å². The first-order valence-corrected chi connectivity index (χ1v) is 6.43. The molecule has 0 aromatic rings. The normalized spacial score (nSPS) is 31.1. The van der Waals surface area contributed by atoms with Gasteiger partial charge < -0.3 is 20.0 Å². The van der Waals surface area contributed by atoms with Crippen LogP contribution in [0, 0.1) is 5.92 Å². The summed E-state index contributed by atoms with van der Waals surface area (Å²) in [5.41, 5.74) is 0. The number of amides is 2. The lowest BCUT2D eigenvalue weighted by molar-refractivity contribution is -0.149. The van der Waals surface area contributed by atoms with Crippen molar-refractivity contribution in [2.24, 2.45) is 5.92 Å². The molecule has 3 atom stereocenters. The van der Waals surface area contributed by atoms with Gasteiger partial charge in [-0.3, -0.25) is 9.59 Å². The zero-order valence-electron chi connectivity index (χ0n) is 10.8. The van der Waals surface area contributed by atoms with E-state index in [4.69, 9.17) is 5.11 Å². The molecule has 2 N–H and O–H groups in total. The van der Waals surface area contributed by atoms with Crippen LogP contribution in [0.1, 0.15) is 19.8 Å². The largest absolute Gasteiger partial charge is 0.480 e. The van der Waals surface area contributed by atoms with E-state index >= 15 is 0 Å². The number of hydrogen-bond acceptors (Lipinski definition) is 4. The molecule has 7 heteroatoms. The lowest BCUT2D eigenvalue weighted by atomic mass is 10.1. The SMILES string of the molecule is CCN1CC(C(=O)N2CC(O)CC2C(=O)O)CC1=O. The molecule has 7 nitrogen and oxygen atoms in total. The van der Waals surface area contributed by atoms with E-state index in [1.807, 2.05) is 6.92 Å². The maximum Gasteiger partial charge on any atom is 0.326 e. The third kappa shape index (κ3) is 2.56. The van der Waals surface area contributed by atoms with Gasteiger partial charge in [-0.05, 0) is 6.92 Å². The molecular formula is C12H18N2O5. The van der Waals surface area contributed by atoms with Crippen molar-refractivity contribution < 1.29 is 24.6 Å². The highest BCUT2D eigenvalue weighted by atomic mass is 16.4. The molecule has 0 aliphatic carbocycles. The number of aliphatic carboxylic acids is 1. The van der Waals surface area contributed by atoms with Crippen molar-refractivity contribution in [3.8, 4) is 0 Å². The number of β-amino-alcohol motifs (C(OH)–C–C–N with tert-alkyl or cyclic N) is 1. The highest BCUT2D eigenvalue weighted by Crippen LogP contribution is 2.25. The number of carbonyl (C=O) groups excluding carboxylic acids is 2. The number of hydrogen-bond donors (Lipinski definition) is 2. The molecule has 0 aromatic carbocycles. The van der Waals surface area contributed by atoms with Gasteiger partial charge in [-0.15, -0.1) is 0 Å². The monoisotopic (exact) mass is 270 g/mol. The first-order chi connectivity index (χ1) is 8.93.